The van der Waals surface area contributed by atoms with Gasteiger partial charge in [0.1, 0.15) is 5.82 Å². The number of piperazine rings is 1. The summed E-state index contributed by atoms with van der Waals surface area (Å²) in [5, 5.41) is 3.37. The van der Waals surface area contributed by atoms with Crippen LogP contribution in [0.1, 0.15) is 32.7 Å². The maximum atomic E-state index is 12.9. The van der Waals surface area contributed by atoms with E-state index in [0.29, 0.717) is 32.1 Å². The van der Waals surface area contributed by atoms with Crippen molar-refractivity contribution >= 4 is 23.4 Å². The van der Waals surface area contributed by atoms with Crippen molar-refractivity contribution in [2.75, 3.05) is 36.4 Å². The fraction of sp³-hybridized carbons (Fsp3) is 0.320. The summed E-state index contributed by atoms with van der Waals surface area (Å²) in [4.78, 5) is 26.3. The van der Waals surface area contributed by atoms with Gasteiger partial charge in [0.05, 0.1) is 0 Å². The van der Waals surface area contributed by atoms with Crippen LogP contribution in [-0.4, -0.2) is 47.0 Å². The number of carbonyl (C=O) groups is 1. The van der Waals surface area contributed by atoms with Crippen molar-refractivity contribution in [1.29, 1.82) is 0 Å². The van der Waals surface area contributed by atoms with Crippen molar-refractivity contribution in [3.8, 4) is 0 Å². The molecule has 4 rings (SSSR count). The molecule has 1 aliphatic rings. The van der Waals surface area contributed by atoms with Crippen molar-refractivity contribution in [1.82, 2.24) is 14.9 Å². The van der Waals surface area contributed by atoms with Crippen LogP contribution < -0.4 is 10.2 Å². The van der Waals surface area contributed by atoms with Gasteiger partial charge >= 0.3 is 0 Å². The number of rotatable bonds is 4. The van der Waals surface area contributed by atoms with E-state index in [1.807, 2.05) is 55.1 Å². The van der Waals surface area contributed by atoms with E-state index in [-0.39, 0.29) is 5.91 Å². The van der Waals surface area contributed by atoms with Crippen molar-refractivity contribution < 1.29 is 4.79 Å². The van der Waals surface area contributed by atoms with Crippen LogP contribution in [0.15, 0.2) is 48.5 Å². The molecule has 0 saturated carbocycles. The molecule has 6 nitrogen and oxygen atoms in total. The van der Waals surface area contributed by atoms with Gasteiger partial charge < -0.3 is 15.1 Å². The second-order valence-electron chi connectivity index (χ2n) is 8.26. The fourth-order valence-electron chi connectivity index (χ4n) is 3.71. The molecule has 6 heteroatoms. The summed E-state index contributed by atoms with van der Waals surface area (Å²) < 4.78 is 0. The molecule has 0 unspecified atom stereocenters. The molecule has 0 atom stereocenters. The SMILES string of the molecule is Cc1ccc(Nc2cc(C)nc(N3CCN(C(=O)c4ccc(C)c(C)c4)CC3)n2)cc1. The van der Waals surface area contributed by atoms with Crippen LogP contribution in [0.5, 0.6) is 0 Å². The van der Waals surface area contributed by atoms with Gasteiger partial charge in [-0.15, -0.1) is 0 Å². The molecule has 1 aliphatic heterocycles. The number of hydrogen-bond donors (Lipinski definition) is 1. The Bertz CT molecular complexity index is 1090. The number of hydrogen-bond acceptors (Lipinski definition) is 5. The van der Waals surface area contributed by atoms with Gasteiger partial charge in [-0.3, -0.25) is 4.79 Å². The summed E-state index contributed by atoms with van der Waals surface area (Å²) in [5.41, 5.74) is 6.23. The molecule has 0 spiro atoms. The number of nitrogens with zero attached hydrogens (tertiary/aromatic N) is 4. The van der Waals surface area contributed by atoms with Crippen LogP contribution in [-0.2, 0) is 0 Å². The first-order valence-corrected chi connectivity index (χ1v) is 10.7. The molecule has 160 valence electrons. The highest BCUT2D eigenvalue weighted by atomic mass is 16.2. The Morgan fingerprint density at radius 2 is 1.55 bits per heavy atom. The van der Waals surface area contributed by atoms with Crippen LogP contribution >= 0.6 is 0 Å². The Kier molecular flexibility index (Phi) is 5.89. The molecule has 1 fully saturated rings. The van der Waals surface area contributed by atoms with E-state index >= 15 is 0 Å². The predicted octanol–water partition coefficient (Wildman–Crippen LogP) is 4.42. The third kappa shape index (κ3) is 4.85. The normalized spacial score (nSPS) is 13.9. The number of nitrogens with one attached hydrogen (secondary N) is 1. The molecule has 1 saturated heterocycles. The van der Waals surface area contributed by atoms with Gasteiger partial charge in [-0.2, -0.15) is 4.98 Å². The number of benzene rings is 2. The third-order valence-electron chi connectivity index (χ3n) is 5.77. The molecule has 31 heavy (non-hydrogen) atoms. The van der Waals surface area contributed by atoms with Gasteiger partial charge in [-0.05, 0) is 63.1 Å². The first-order chi connectivity index (χ1) is 14.9. The summed E-state index contributed by atoms with van der Waals surface area (Å²) in [6.45, 7) is 10.9. The van der Waals surface area contributed by atoms with E-state index in [4.69, 9.17) is 4.98 Å². The van der Waals surface area contributed by atoms with E-state index in [0.717, 1.165) is 28.3 Å². The van der Waals surface area contributed by atoms with Gasteiger partial charge in [0.2, 0.25) is 5.95 Å². The first-order valence-electron chi connectivity index (χ1n) is 10.7. The minimum Gasteiger partial charge on any atom is -0.340 e. The highest BCUT2D eigenvalue weighted by Gasteiger charge is 2.24. The second-order valence-corrected chi connectivity index (χ2v) is 8.26. The summed E-state index contributed by atoms with van der Waals surface area (Å²) in [7, 11) is 0. The monoisotopic (exact) mass is 415 g/mol. The first kappa shape index (κ1) is 20.8. The van der Waals surface area contributed by atoms with Gasteiger partial charge in [-0.25, -0.2) is 4.98 Å². The Balaban J connectivity index is 1.43. The van der Waals surface area contributed by atoms with Gasteiger partial charge in [0, 0.05) is 49.2 Å². The molecule has 2 heterocycles. The average Bonchev–Trinajstić information content (AvgIpc) is 2.76. The molecule has 3 aromatic rings. The van der Waals surface area contributed by atoms with E-state index in [2.05, 4.69) is 41.2 Å². The van der Waals surface area contributed by atoms with Crippen molar-refractivity contribution in [2.45, 2.75) is 27.7 Å². The summed E-state index contributed by atoms with van der Waals surface area (Å²) in [6.07, 6.45) is 0. The molecular formula is C25H29N5O. The number of aryl methyl sites for hydroxylation is 4. The average molecular weight is 416 g/mol. The lowest BCUT2D eigenvalue weighted by Crippen LogP contribution is -2.49. The molecule has 0 radical (unpaired) electrons. The van der Waals surface area contributed by atoms with Crippen LogP contribution in [0.4, 0.5) is 17.5 Å². The number of amides is 1. The molecule has 0 bridgehead atoms. The van der Waals surface area contributed by atoms with Crippen molar-refractivity contribution in [2.24, 2.45) is 0 Å². The van der Waals surface area contributed by atoms with Gasteiger partial charge in [0.25, 0.3) is 5.91 Å². The maximum absolute atomic E-state index is 12.9. The van der Waals surface area contributed by atoms with E-state index in [9.17, 15) is 4.79 Å². The van der Waals surface area contributed by atoms with Crippen molar-refractivity contribution in [3.63, 3.8) is 0 Å². The summed E-state index contributed by atoms with van der Waals surface area (Å²) in [6, 6.07) is 16.1. The minimum absolute atomic E-state index is 0.0923. The molecule has 1 amide bonds. The topological polar surface area (TPSA) is 61.4 Å². The zero-order chi connectivity index (χ0) is 22.0. The van der Waals surface area contributed by atoms with Crippen LogP contribution in [0.25, 0.3) is 0 Å². The molecular weight excluding hydrogens is 386 g/mol. The number of aromatic nitrogens is 2. The fourth-order valence-corrected chi connectivity index (χ4v) is 3.71. The van der Waals surface area contributed by atoms with E-state index < -0.39 is 0 Å². The number of anilines is 3. The Labute approximate surface area is 183 Å². The lowest BCUT2D eigenvalue weighted by Gasteiger charge is -2.35. The quantitative estimate of drug-likeness (QED) is 0.684. The lowest BCUT2D eigenvalue weighted by molar-refractivity contribution is 0.0746. The Morgan fingerprint density at radius 3 is 2.23 bits per heavy atom. The maximum Gasteiger partial charge on any atom is 0.253 e. The van der Waals surface area contributed by atoms with Gasteiger partial charge in [0.15, 0.2) is 0 Å². The van der Waals surface area contributed by atoms with Crippen LogP contribution in [0.3, 0.4) is 0 Å². The van der Waals surface area contributed by atoms with Gasteiger partial charge in [-0.1, -0.05) is 23.8 Å². The number of carbonyl (C=O) groups excluding carboxylic acids is 1. The molecule has 2 aromatic carbocycles. The third-order valence-corrected chi connectivity index (χ3v) is 5.77. The second kappa shape index (κ2) is 8.76. The van der Waals surface area contributed by atoms with Crippen LogP contribution in [0, 0.1) is 27.7 Å². The predicted molar refractivity (Wildman–Crippen MR) is 125 cm³/mol. The van der Waals surface area contributed by atoms with Crippen LogP contribution in [0.2, 0.25) is 0 Å². The zero-order valence-corrected chi connectivity index (χ0v) is 18.6. The largest absolute Gasteiger partial charge is 0.340 e. The lowest BCUT2D eigenvalue weighted by atomic mass is 10.1. The Hall–Kier alpha value is -3.41. The zero-order valence-electron chi connectivity index (χ0n) is 18.6. The standard InChI is InChI=1S/C25H29N5O/c1-17-5-9-22(10-6-17)27-23-16-20(4)26-25(28-23)30-13-11-29(12-14-30)24(31)21-8-7-18(2)19(3)15-21/h5-10,15-16H,11-14H2,1-4H3,(H,26,27,28). The molecule has 1 aromatic heterocycles. The molecule has 1 N–H and O–H groups in total. The highest BCUT2D eigenvalue weighted by Crippen LogP contribution is 2.21. The highest BCUT2D eigenvalue weighted by molar-refractivity contribution is 5.94. The minimum atomic E-state index is 0.0923. The smallest absolute Gasteiger partial charge is 0.253 e. The van der Waals surface area contributed by atoms with E-state index in [1.54, 1.807) is 0 Å². The summed E-state index contributed by atoms with van der Waals surface area (Å²) >= 11 is 0. The Morgan fingerprint density at radius 1 is 0.839 bits per heavy atom. The molecule has 0 aliphatic carbocycles. The summed E-state index contributed by atoms with van der Waals surface area (Å²) in [5.74, 6) is 1.57. The van der Waals surface area contributed by atoms with E-state index in [1.165, 1.54) is 11.1 Å². The van der Waals surface area contributed by atoms with Crippen molar-refractivity contribution in [3.05, 3.63) is 76.5 Å².